The Labute approximate surface area is 125 Å². The molecule has 1 atom stereocenters. The number of aromatic nitrogens is 2. The highest BCUT2D eigenvalue weighted by molar-refractivity contribution is 5.99. The van der Waals surface area contributed by atoms with E-state index in [1.165, 1.54) is 0 Å². The van der Waals surface area contributed by atoms with Crippen LogP contribution in [0.3, 0.4) is 0 Å². The zero-order valence-electron chi connectivity index (χ0n) is 13.6. The van der Waals surface area contributed by atoms with Crippen molar-refractivity contribution in [1.82, 2.24) is 20.0 Å². The van der Waals surface area contributed by atoms with Crippen molar-refractivity contribution in [3.8, 4) is 0 Å². The lowest BCUT2D eigenvalue weighted by Gasteiger charge is -2.47. The molecule has 1 saturated heterocycles. The molecule has 1 N–H and O–H groups in total. The van der Waals surface area contributed by atoms with Crippen LogP contribution in [-0.4, -0.2) is 38.1 Å². The van der Waals surface area contributed by atoms with Crippen LogP contribution < -0.4 is 5.32 Å². The van der Waals surface area contributed by atoms with Crippen LogP contribution in [0.5, 0.6) is 0 Å². The molecule has 0 aromatic carbocycles. The van der Waals surface area contributed by atoms with Gasteiger partial charge in [-0.05, 0) is 19.3 Å². The molecule has 1 aromatic heterocycles. The molecule has 2 rings (SSSR count). The van der Waals surface area contributed by atoms with E-state index in [4.69, 9.17) is 0 Å². The average Bonchev–Trinajstić information content (AvgIpc) is 2.69. The van der Waals surface area contributed by atoms with Gasteiger partial charge in [0.1, 0.15) is 11.6 Å². The SMILES string of the molecule is Cn1cc(CN2C(=O)C(C)(C)NC(=O)C2C(C)(C)C)cn1. The summed E-state index contributed by atoms with van der Waals surface area (Å²) in [6.45, 7) is 9.79. The van der Waals surface area contributed by atoms with E-state index in [0.29, 0.717) is 6.54 Å². The molecule has 21 heavy (non-hydrogen) atoms. The maximum Gasteiger partial charge on any atom is 0.248 e. The Bertz CT molecular complexity index is 568. The third kappa shape index (κ3) is 2.94. The van der Waals surface area contributed by atoms with Gasteiger partial charge in [-0.25, -0.2) is 0 Å². The number of hydrogen-bond donors (Lipinski definition) is 1. The van der Waals surface area contributed by atoms with Gasteiger partial charge < -0.3 is 10.2 Å². The van der Waals surface area contributed by atoms with Gasteiger partial charge >= 0.3 is 0 Å². The van der Waals surface area contributed by atoms with Crippen molar-refractivity contribution < 1.29 is 9.59 Å². The first-order valence-electron chi connectivity index (χ1n) is 7.13. The smallest absolute Gasteiger partial charge is 0.248 e. The van der Waals surface area contributed by atoms with E-state index in [0.717, 1.165) is 5.56 Å². The highest BCUT2D eigenvalue weighted by atomic mass is 16.2. The van der Waals surface area contributed by atoms with Crippen LogP contribution in [0, 0.1) is 5.41 Å². The molecule has 1 unspecified atom stereocenters. The Morgan fingerprint density at radius 3 is 2.43 bits per heavy atom. The molecule has 2 heterocycles. The average molecular weight is 292 g/mol. The molecule has 6 heteroatoms. The summed E-state index contributed by atoms with van der Waals surface area (Å²) in [6.07, 6.45) is 3.60. The molecule has 0 saturated carbocycles. The van der Waals surface area contributed by atoms with Crippen molar-refractivity contribution in [3.05, 3.63) is 18.0 Å². The first-order valence-corrected chi connectivity index (χ1v) is 7.13. The fraction of sp³-hybridized carbons (Fsp3) is 0.667. The summed E-state index contributed by atoms with van der Waals surface area (Å²) in [7, 11) is 1.83. The predicted molar refractivity (Wildman–Crippen MR) is 79.2 cm³/mol. The third-order valence-electron chi connectivity index (χ3n) is 3.72. The topological polar surface area (TPSA) is 67.2 Å². The van der Waals surface area contributed by atoms with E-state index in [1.54, 1.807) is 29.6 Å². The summed E-state index contributed by atoms with van der Waals surface area (Å²) < 4.78 is 1.70. The van der Waals surface area contributed by atoms with E-state index in [-0.39, 0.29) is 17.2 Å². The number of nitrogens with zero attached hydrogens (tertiary/aromatic N) is 3. The van der Waals surface area contributed by atoms with E-state index in [1.807, 2.05) is 34.0 Å². The van der Waals surface area contributed by atoms with Gasteiger partial charge in [0.25, 0.3) is 0 Å². The minimum atomic E-state index is -0.874. The summed E-state index contributed by atoms with van der Waals surface area (Å²) in [5, 5.41) is 6.96. The molecule has 0 aliphatic carbocycles. The third-order valence-corrected chi connectivity index (χ3v) is 3.72. The fourth-order valence-corrected chi connectivity index (χ4v) is 2.82. The number of amides is 2. The molecule has 0 radical (unpaired) electrons. The molecular weight excluding hydrogens is 268 g/mol. The van der Waals surface area contributed by atoms with Crippen molar-refractivity contribution >= 4 is 11.8 Å². The van der Waals surface area contributed by atoms with Gasteiger partial charge in [-0.2, -0.15) is 5.10 Å². The first kappa shape index (κ1) is 15.5. The Balaban J connectivity index is 2.38. The second-order valence-electron chi connectivity index (χ2n) is 7.34. The highest BCUT2D eigenvalue weighted by Crippen LogP contribution is 2.31. The standard InChI is InChI=1S/C15H24N4O2/c1-14(2,3)11-12(20)17-15(4,5)13(21)19(11)9-10-7-16-18(6)8-10/h7-8,11H,9H2,1-6H3,(H,17,20). The summed E-state index contributed by atoms with van der Waals surface area (Å²) in [6, 6.07) is -0.488. The quantitative estimate of drug-likeness (QED) is 0.886. The van der Waals surface area contributed by atoms with Gasteiger partial charge in [0.05, 0.1) is 6.20 Å². The number of carbonyl (C=O) groups is 2. The van der Waals surface area contributed by atoms with Gasteiger partial charge in [-0.3, -0.25) is 14.3 Å². The van der Waals surface area contributed by atoms with Crippen LogP contribution in [0.15, 0.2) is 12.4 Å². The lowest BCUT2D eigenvalue weighted by atomic mass is 9.81. The molecule has 2 amide bonds. The maximum atomic E-state index is 12.7. The van der Waals surface area contributed by atoms with Crippen molar-refractivity contribution in [3.63, 3.8) is 0 Å². The second kappa shape index (κ2) is 4.86. The van der Waals surface area contributed by atoms with Crippen molar-refractivity contribution in [1.29, 1.82) is 0 Å². The Hall–Kier alpha value is -1.85. The molecule has 1 aromatic rings. The number of piperazine rings is 1. The molecule has 1 aliphatic heterocycles. The lowest BCUT2D eigenvalue weighted by Crippen LogP contribution is -2.70. The van der Waals surface area contributed by atoms with Crippen LogP contribution in [0.4, 0.5) is 0 Å². The number of hydrogen-bond acceptors (Lipinski definition) is 3. The van der Waals surface area contributed by atoms with Gasteiger partial charge in [-0.15, -0.1) is 0 Å². The van der Waals surface area contributed by atoms with Crippen LogP contribution >= 0.6 is 0 Å². The summed E-state index contributed by atoms with van der Waals surface area (Å²) in [5.74, 6) is -0.165. The van der Waals surface area contributed by atoms with Gasteiger partial charge in [-0.1, -0.05) is 20.8 Å². The van der Waals surface area contributed by atoms with Crippen LogP contribution in [0.2, 0.25) is 0 Å². The normalized spacial score (nSPS) is 22.4. The van der Waals surface area contributed by atoms with Crippen LogP contribution in [-0.2, 0) is 23.2 Å². The van der Waals surface area contributed by atoms with Crippen molar-refractivity contribution in [2.24, 2.45) is 12.5 Å². The van der Waals surface area contributed by atoms with Gasteiger partial charge in [0.15, 0.2) is 0 Å². The number of aryl methyl sites for hydroxylation is 1. The number of rotatable bonds is 2. The Morgan fingerprint density at radius 2 is 1.95 bits per heavy atom. The van der Waals surface area contributed by atoms with Crippen molar-refractivity contribution in [2.45, 2.75) is 52.7 Å². The number of carbonyl (C=O) groups excluding carboxylic acids is 2. The van der Waals surface area contributed by atoms with Crippen LogP contribution in [0.25, 0.3) is 0 Å². The Kier molecular flexibility index (Phi) is 3.59. The maximum absolute atomic E-state index is 12.7. The zero-order valence-corrected chi connectivity index (χ0v) is 13.6. The van der Waals surface area contributed by atoms with E-state index < -0.39 is 11.6 Å². The first-order chi connectivity index (χ1) is 9.52. The van der Waals surface area contributed by atoms with Crippen molar-refractivity contribution in [2.75, 3.05) is 0 Å². The van der Waals surface area contributed by atoms with E-state index in [2.05, 4.69) is 10.4 Å². The lowest BCUT2D eigenvalue weighted by molar-refractivity contribution is -0.158. The Morgan fingerprint density at radius 1 is 1.33 bits per heavy atom. The molecule has 1 aliphatic rings. The van der Waals surface area contributed by atoms with Crippen LogP contribution in [0.1, 0.15) is 40.2 Å². The summed E-state index contributed by atoms with van der Waals surface area (Å²) in [4.78, 5) is 26.9. The second-order valence-corrected chi connectivity index (χ2v) is 7.34. The molecule has 116 valence electrons. The van der Waals surface area contributed by atoms with E-state index in [9.17, 15) is 9.59 Å². The minimum Gasteiger partial charge on any atom is -0.340 e. The summed E-state index contributed by atoms with van der Waals surface area (Å²) >= 11 is 0. The summed E-state index contributed by atoms with van der Waals surface area (Å²) in [5.41, 5.74) is -0.287. The minimum absolute atomic E-state index is 0.0640. The number of nitrogens with one attached hydrogen (secondary N) is 1. The largest absolute Gasteiger partial charge is 0.340 e. The van der Waals surface area contributed by atoms with Gasteiger partial charge in [0, 0.05) is 25.4 Å². The zero-order chi connectivity index (χ0) is 16.0. The monoisotopic (exact) mass is 292 g/mol. The predicted octanol–water partition coefficient (Wildman–Crippen LogP) is 1.07. The molecule has 0 spiro atoms. The fourth-order valence-electron chi connectivity index (χ4n) is 2.82. The highest BCUT2D eigenvalue weighted by Gasteiger charge is 2.49. The van der Waals surface area contributed by atoms with E-state index >= 15 is 0 Å². The molecule has 1 fully saturated rings. The molecule has 6 nitrogen and oxygen atoms in total. The molecular formula is C15H24N4O2. The van der Waals surface area contributed by atoms with Gasteiger partial charge in [0.2, 0.25) is 11.8 Å². The molecule has 0 bridgehead atoms.